The number of aliphatic hydroxyl groups excluding tert-OH is 1. The van der Waals surface area contributed by atoms with E-state index in [4.69, 9.17) is 4.74 Å². The van der Waals surface area contributed by atoms with E-state index in [1.165, 1.54) is 30.8 Å². The lowest BCUT2D eigenvalue weighted by atomic mass is 10.2. The van der Waals surface area contributed by atoms with Crippen molar-refractivity contribution < 1.29 is 31.8 Å². The third-order valence-electron chi connectivity index (χ3n) is 4.08. The normalized spacial score (nSPS) is 19.5. The molecule has 1 aromatic heterocycles. The first-order chi connectivity index (χ1) is 12.6. The third kappa shape index (κ3) is 3.66. The topological polar surface area (TPSA) is 110 Å². The minimum absolute atomic E-state index is 0.00897. The van der Waals surface area contributed by atoms with Gasteiger partial charge in [0.15, 0.2) is 23.1 Å². The molecule has 2 heterocycles. The molecule has 0 spiro atoms. The minimum atomic E-state index is -4.04. The van der Waals surface area contributed by atoms with Gasteiger partial charge in [0.05, 0.1) is 12.1 Å². The molecule has 0 bridgehead atoms. The van der Waals surface area contributed by atoms with Crippen molar-refractivity contribution in [2.24, 2.45) is 7.05 Å². The zero-order valence-electron chi connectivity index (χ0n) is 14.4. The van der Waals surface area contributed by atoms with Crippen LogP contribution in [0, 0.1) is 11.6 Å². The van der Waals surface area contributed by atoms with E-state index >= 15 is 0 Å². The number of sulfonamides is 1. The number of hydrogen-bond acceptors (Lipinski definition) is 5. The van der Waals surface area contributed by atoms with Gasteiger partial charge in [-0.2, -0.15) is 0 Å². The number of carbonyl (C=O) groups excluding carboxylic acids is 1. The molecule has 1 aliphatic rings. The standard InChI is InChI=1S/C16H17F2N3O5S/c1-8(22)12-7-26-15-13(27(24,25)20-12)6-21(2)14(15)16(23)19-9-3-4-10(17)11(18)5-9/h3-6,8,12,20,22H,7H2,1-2H3,(H,19,23)/t8?,12-/m1/s1. The van der Waals surface area contributed by atoms with Crippen LogP contribution in [0.3, 0.4) is 0 Å². The molecule has 0 saturated carbocycles. The van der Waals surface area contributed by atoms with Crippen molar-refractivity contribution in [3.8, 4) is 5.75 Å². The molecular weight excluding hydrogens is 384 g/mol. The van der Waals surface area contributed by atoms with E-state index < -0.39 is 39.7 Å². The van der Waals surface area contributed by atoms with Crippen molar-refractivity contribution in [1.82, 2.24) is 9.29 Å². The fraction of sp³-hybridized carbons (Fsp3) is 0.312. The molecule has 1 unspecified atom stereocenters. The van der Waals surface area contributed by atoms with Crippen LogP contribution in [0.5, 0.6) is 5.75 Å². The van der Waals surface area contributed by atoms with Gasteiger partial charge in [-0.15, -0.1) is 0 Å². The van der Waals surface area contributed by atoms with E-state index in [0.29, 0.717) is 0 Å². The summed E-state index contributed by atoms with van der Waals surface area (Å²) < 4.78 is 60.4. The summed E-state index contributed by atoms with van der Waals surface area (Å²) in [6.45, 7) is 1.21. The number of ether oxygens (including phenoxy) is 1. The number of benzene rings is 1. The number of aryl methyl sites for hydroxylation is 1. The van der Waals surface area contributed by atoms with Crippen LogP contribution in [-0.2, 0) is 17.1 Å². The Hall–Kier alpha value is -2.50. The summed E-state index contributed by atoms with van der Waals surface area (Å²) in [6.07, 6.45) is 0.180. The number of halogens is 2. The quantitative estimate of drug-likeness (QED) is 0.710. The fourth-order valence-electron chi connectivity index (χ4n) is 2.64. The van der Waals surface area contributed by atoms with Crippen LogP contribution in [0.1, 0.15) is 17.4 Å². The van der Waals surface area contributed by atoms with Gasteiger partial charge in [0.1, 0.15) is 11.5 Å². The maximum atomic E-state index is 13.3. The van der Waals surface area contributed by atoms with Crippen LogP contribution in [0.15, 0.2) is 29.3 Å². The second-order valence-corrected chi connectivity index (χ2v) is 7.83. The van der Waals surface area contributed by atoms with Crippen LogP contribution < -0.4 is 14.8 Å². The second-order valence-electron chi connectivity index (χ2n) is 6.14. The number of nitrogens with one attached hydrogen (secondary N) is 2. The fourth-order valence-corrected chi connectivity index (χ4v) is 4.13. The first kappa shape index (κ1) is 19.3. The van der Waals surface area contributed by atoms with Crippen LogP contribution in [0.2, 0.25) is 0 Å². The van der Waals surface area contributed by atoms with Gasteiger partial charge in [0.25, 0.3) is 5.91 Å². The predicted molar refractivity (Wildman–Crippen MR) is 91.0 cm³/mol. The Morgan fingerprint density at radius 3 is 2.74 bits per heavy atom. The number of fused-ring (bicyclic) bond motifs is 1. The van der Waals surface area contributed by atoms with Crippen molar-refractivity contribution in [3.05, 3.63) is 41.7 Å². The number of hydrogen-bond donors (Lipinski definition) is 3. The molecule has 1 aromatic carbocycles. The Morgan fingerprint density at radius 1 is 1.41 bits per heavy atom. The molecule has 0 saturated heterocycles. The van der Waals surface area contributed by atoms with Crippen molar-refractivity contribution in [1.29, 1.82) is 0 Å². The van der Waals surface area contributed by atoms with Crippen molar-refractivity contribution in [2.75, 3.05) is 11.9 Å². The average Bonchev–Trinajstić information content (AvgIpc) is 2.85. The van der Waals surface area contributed by atoms with E-state index in [-0.39, 0.29) is 28.6 Å². The smallest absolute Gasteiger partial charge is 0.276 e. The average molecular weight is 401 g/mol. The highest BCUT2D eigenvalue weighted by Gasteiger charge is 2.35. The number of rotatable bonds is 3. The molecule has 0 fully saturated rings. The Bertz CT molecular complexity index is 1000. The van der Waals surface area contributed by atoms with E-state index in [1.54, 1.807) is 0 Å². The summed E-state index contributed by atoms with van der Waals surface area (Å²) in [6, 6.07) is 1.93. The molecule has 8 nitrogen and oxygen atoms in total. The highest BCUT2D eigenvalue weighted by molar-refractivity contribution is 7.89. The molecule has 11 heteroatoms. The van der Waals surface area contributed by atoms with Gasteiger partial charge >= 0.3 is 0 Å². The molecule has 2 atom stereocenters. The van der Waals surface area contributed by atoms with Crippen LogP contribution in [0.4, 0.5) is 14.5 Å². The van der Waals surface area contributed by atoms with Gasteiger partial charge in [0.2, 0.25) is 10.0 Å². The van der Waals surface area contributed by atoms with E-state index in [1.807, 2.05) is 0 Å². The maximum absolute atomic E-state index is 13.3. The van der Waals surface area contributed by atoms with Gasteiger partial charge in [-0.3, -0.25) is 4.79 Å². The van der Waals surface area contributed by atoms with Gasteiger partial charge in [0, 0.05) is 25.0 Å². The zero-order valence-corrected chi connectivity index (χ0v) is 15.2. The van der Waals surface area contributed by atoms with Crippen molar-refractivity contribution in [2.45, 2.75) is 24.0 Å². The highest BCUT2D eigenvalue weighted by Crippen LogP contribution is 2.33. The number of aliphatic hydroxyl groups is 1. The van der Waals surface area contributed by atoms with E-state index in [2.05, 4.69) is 10.0 Å². The first-order valence-electron chi connectivity index (χ1n) is 7.89. The molecule has 1 aliphatic heterocycles. The monoisotopic (exact) mass is 401 g/mol. The molecule has 146 valence electrons. The summed E-state index contributed by atoms with van der Waals surface area (Å²) in [7, 11) is -2.59. The van der Waals surface area contributed by atoms with E-state index in [0.717, 1.165) is 12.1 Å². The summed E-state index contributed by atoms with van der Waals surface area (Å²) in [4.78, 5) is 12.3. The van der Waals surface area contributed by atoms with Gasteiger partial charge < -0.3 is 19.7 Å². The molecule has 2 aromatic rings. The number of aromatic nitrogens is 1. The number of anilines is 1. The molecular formula is C16H17F2N3O5S. The Labute approximate surface area is 153 Å². The lowest BCUT2D eigenvalue weighted by Gasteiger charge is -2.18. The summed E-state index contributed by atoms with van der Waals surface area (Å²) in [5, 5.41) is 12.0. The summed E-state index contributed by atoms with van der Waals surface area (Å²) in [5.74, 6) is -3.16. The molecule has 3 rings (SSSR count). The lowest BCUT2D eigenvalue weighted by molar-refractivity contribution is 0.100. The second kappa shape index (κ2) is 6.91. The summed E-state index contributed by atoms with van der Waals surface area (Å²) in [5.41, 5.74) is -0.128. The molecule has 3 N–H and O–H groups in total. The molecule has 0 radical (unpaired) electrons. The van der Waals surface area contributed by atoms with Crippen LogP contribution in [0.25, 0.3) is 0 Å². The van der Waals surface area contributed by atoms with Gasteiger partial charge in [-0.1, -0.05) is 0 Å². The van der Waals surface area contributed by atoms with E-state index in [9.17, 15) is 27.1 Å². The first-order valence-corrected chi connectivity index (χ1v) is 9.37. The SMILES string of the molecule is CC(O)[C@H]1COc2c(cn(C)c2C(=O)Nc2ccc(F)c(F)c2)S(=O)(=O)N1. The Kier molecular flexibility index (Phi) is 4.93. The summed E-state index contributed by atoms with van der Waals surface area (Å²) >= 11 is 0. The lowest BCUT2D eigenvalue weighted by Crippen LogP contribution is -2.44. The third-order valence-corrected chi connectivity index (χ3v) is 5.56. The van der Waals surface area contributed by atoms with Crippen molar-refractivity contribution >= 4 is 21.6 Å². The van der Waals surface area contributed by atoms with Crippen molar-refractivity contribution in [3.63, 3.8) is 0 Å². The molecule has 1 amide bonds. The highest BCUT2D eigenvalue weighted by atomic mass is 32.2. The van der Waals surface area contributed by atoms with Gasteiger partial charge in [-0.05, 0) is 19.1 Å². The largest absolute Gasteiger partial charge is 0.488 e. The molecule has 0 aliphatic carbocycles. The Morgan fingerprint density at radius 2 is 2.11 bits per heavy atom. The van der Waals surface area contributed by atoms with Gasteiger partial charge in [-0.25, -0.2) is 21.9 Å². The molecule has 27 heavy (non-hydrogen) atoms. The zero-order chi connectivity index (χ0) is 19.9. The predicted octanol–water partition coefficient (Wildman–Crippen LogP) is 0.976. The van der Waals surface area contributed by atoms with Crippen LogP contribution >= 0.6 is 0 Å². The maximum Gasteiger partial charge on any atom is 0.276 e. The minimum Gasteiger partial charge on any atom is -0.488 e. The number of amides is 1. The Balaban J connectivity index is 1.97. The number of carbonyl (C=O) groups is 1. The van der Waals surface area contributed by atoms with Crippen LogP contribution in [-0.4, -0.2) is 42.8 Å². The number of nitrogens with zero attached hydrogens (tertiary/aromatic N) is 1.